The molecular weight excluding hydrogens is 249 g/mol. The lowest BCUT2D eigenvalue weighted by atomic mass is 10.2. The molecule has 0 bridgehead atoms. The molecule has 1 nitrogen and oxygen atoms in total. The number of alkyl halides is 5. The second-order valence-electron chi connectivity index (χ2n) is 3.13. The highest BCUT2D eigenvalue weighted by atomic mass is 32.2. The van der Waals surface area contributed by atoms with E-state index >= 15 is 0 Å². The first-order chi connectivity index (χ1) is 7.13. The molecule has 0 spiro atoms. The molecule has 0 aromatic heterocycles. The van der Waals surface area contributed by atoms with Gasteiger partial charge in [0.2, 0.25) is 0 Å². The van der Waals surface area contributed by atoms with Crippen molar-refractivity contribution in [1.29, 1.82) is 0 Å². The van der Waals surface area contributed by atoms with E-state index in [-0.39, 0.29) is 4.90 Å². The van der Waals surface area contributed by atoms with Crippen molar-refractivity contribution in [2.45, 2.75) is 23.3 Å². The topological polar surface area (TPSA) is 26.0 Å². The Bertz CT molecular complexity index is 388. The molecule has 7 heteroatoms. The number of nitrogen functional groups attached to an aromatic ring is 1. The third kappa shape index (κ3) is 2.78. The van der Waals surface area contributed by atoms with Gasteiger partial charge in [0.15, 0.2) is 0 Å². The SMILES string of the molecule is Cc1cc(SC(F)(F)C(F)(F)F)ccc1N. The van der Waals surface area contributed by atoms with Crippen molar-refractivity contribution < 1.29 is 22.0 Å². The van der Waals surface area contributed by atoms with Crippen molar-refractivity contribution in [2.75, 3.05) is 5.73 Å². The number of hydrogen-bond acceptors (Lipinski definition) is 2. The molecule has 1 aromatic rings. The maximum atomic E-state index is 12.7. The first-order valence-corrected chi connectivity index (χ1v) is 4.95. The normalized spacial score (nSPS) is 12.9. The molecule has 0 atom stereocenters. The minimum absolute atomic E-state index is 0.172. The molecule has 0 aliphatic rings. The van der Waals surface area contributed by atoms with Crippen LogP contribution in [0.5, 0.6) is 0 Å². The minimum atomic E-state index is -5.56. The average molecular weight is 257 g/mol. The van der Waals surface area contributed by atoms with Crippen LogP contribution >= 0.6 is 11.8 Å². The van der Waals surface area contributed by atoms with Gasteiger partial charge in [-0.05, 0) is 42.4 Å². The fourth-order valence-corrected chi connectivity index (χ4v) is 1.70. The summed E-state index contributed by atoms with van der Waals surface area (Å²) in [4.78, 5) is -0.172. The van der Waals surface area contributed by atoms with Crippen molar-refractivity contribution in [1.82, 2.24) is 0 Å². The maximum absolute atomic E-state index is 12.7. The van der Waals surface area contributed by atoms with E-state index in [9.17, 15) is 22.0 Å². The van der Waals surface area contributed by atoms with Gasteiger partial charge in [-0.15, -0.1) is 0 Å². The number of halogens is 5. The molecule has 0 aliphatic carbocycles. The number of thioether (sulfide) groups is 1. The first-order valence-electron chi connectivity index (χ1n) is 4.13. The lowest BCUT2D eigenvalue weighted by molar-refractivity contribution is -0.237. The highest BCUT2D eigenvalue weighted by Gasteiger charge is 2.58. The molecule has 16 heavy (non-hydrogen) atoms. The highest BCUT2D eigenvalue weighted by Crippen LogP contribution is 2.47. The smallest absolute Gasteiger partial charge is 0.399 e. The lowest BCUT2D eigenvalue weighted by Gasteiger charge is -2.18. The van der Waals surface area contributed by atoms with Crippen molar-refractivity contribution in [2.24, 2.45) is 0 Å². The molecule has 1 rings (SSSR count). The molecule has 0 amide bonds. The Morgan fingerprint density at radius 1 is 1.12 bits per heavy atom. The van der Waals surface area contributed by atoms with Crippen molar-refractivity contribution in [3.63, 3.8) is 0 Å². The van der Waals surface area contributed by atoms with Gasteiger partial charge in [-0.2, -0.15) is 22.0 Å². The van der Waals surface area contributed by atoms with Gasteiger partial charge in [-0.25, -0.2) is 0 Å². The standard InChI is InChI=1S/C9H8F5NS/c1-5-4-6(2-3-7(5)15)16-9(13,14)8(10,11)12/h2-4H,15H2,1H3. The highest BCUT2D eigenvalue weighted by molar-refractivity contribution is 8.00. The zero-order valence-corrected chi connectivity index (χ0v) is 8.92. The molecular formula is C9H8F5NS. The third-order valence-corrected chi connectivity index (χ3v) is 2.79. The molecule has 0 saturated heterocycles. The maximum Gasteiger partial charge on any atom is 0.464 e. The number of hydrogen-bond donors (Lipinski definition) is 1. The van der Waals surface area contributed by atoms with Crippen molar-refractivity contribution in [3.05, 3.63) is 23.8 Å². The molecule has 1 aromatic carbocycles. The van der Waals surface area contributed by atoms with Gasteiger partial charge in [0.05, 0.1) is 0 Å². The van der Waals surface area contributed by atoms with Gasteiger partial charge in [0, 0.05) is 10.6 Å². The van der Waals surface area contributed by atoms with Gasteiger partial charge < -0.3 is 5.73 Å². The van der Waals surface area contributed by atoms with E-state index in [0.717, 1.165) is 6.07 Å². The zero-order valence-electron chi connectivity index (χ0n) is 8.11. The van der Waals surface area contributed by atoms with Crippen molar-refractivity contribution in [3.8, 4) is 0 Å². The van der Waals surface area contributed by atoms with Crippen molar-refractivity contribution >= 4 is 17.4 Å². The summed E-state index contributed by atoms with van der Waals surface area (Å²) >= 11 is -0.538. The molecule has 0 unspecified atom stereocenters. The van der Waals surface area contributed by atoms with E-state index in [0.29, 0.717) is 11.3 Å². The molecule has 2 N–H and O–H groups in total. The van der Waals surface area contributed by atoms with E-state index in [1.807, 2.05) is 0 Å². The van der Waals surface area contributed by atoms with Gasteiger partial charge in [0.1, 0.15) is 0 Å². The summed E-state index contributed by atoms with van der Waals surface area (Å²) in [6.45, 7) is 1.53. The number of anilines is 1. The minimum Gasteiger partial charge on any atom is -0.399 e. The molecule has 0 heterocycles. The van der Waals surface area contributed by atoms with Crippen LogP contribution < -0.4 is 5.73 Å². The van der Waals surface area contributed by atoms with E-state index in [4.69, 9.17) is 5.73 Å². The van der Waals surface area contributed by atoms with Crippen LogP contribution in [0, 0.1) is 6.92 Å². The second kappa shape index (κ2) is 4.12. The summed E-state index contributed by atoms with van der Waals surface area (Å²) in [5.41, 5.74) is 6.23. The Morgan fingerprint density at radius 2 is 1.69 bits per heavy atom. The van der Waals surface area contributed by atoms with E-state index in [2.05, 4.69) is 0 Å². The van der Waals surface area contributed by atoms with Gasteiger partial charge in [-0.1, -0.05) is 0 Å². The Hall–Kier alpha value is -0.980. The summed E-state index contributed by atoms with van der Waals surface area (Å²) in [7, 11) is 0. The fourth-order valence-electron chi connectivity index (χ4n) is 0.918. The van der Waals surface area contributed by atoms with Gasteiger partial charge in [-0.3, -0.25) is 0 Å². The van der Waals surface area contributed by atoms with Crippen LogP contribution in [0.15, 0.2) is 23.1 Å². The predicted octanol–water partition coefficient (Wildman–Crippen LogP) is 3.82. The van der Waals surface area contributed by atoms with Crippen LogP contribution in [0.3, 0.4) is 0 Å². The van der Waals surface area contributed by atoms with Crippen LogP contribution in [0.2, 0.25) is 0 Å². The van der Waals surface area contributed by atoms with Gasteiger partial charge >= 0.3 is 11.4 Å². The number of aryl methyl sites for hydroxylation is 1. The quantitative estimate of drug-likeness (QED) is 0.495. The monoisotopic (exact) mass is 257 g/mol. The Labute approximate surface area is 92.8 Å². The fraction of sp³-hybridized carbons (Fsp3) is 0.333. The zero-order chi connectivity index (χ0) is 12.6. The van der Waals surface area contributed by atoms with Gasteiger partial charge in [0.25, 0.3) is 0 Å². The van der Waals surface area contributed by atoms with Crippen LogP contribution in [-0.2, 0) is 0 Å². The van der Waals surface area contributed by atoms with E-state index in [1.165, 1.54) is 19.1 Å². The molecule has 0 radical (unpaired) electrons. The number of benzene rings is 1. The molecule has 90 valence electrons. The summed E-state index contributed by atoms with van der Waals surface area (Å²) in [5.74, 6) is 0. The van der Waals surface area contributed by atoms with Crippen LogP contribution in [-0.4, -0.2) is 11.4 Å². The second-order valence-corrected chi connectivity index (χ2v) is 4.32. The predicted molar refractivity (Wildman–Crippen MR) is 52.5 cm³/mol. The Morgan fingerprint density at radius 3 is 2.12 bits per heavy atom. The lowest BCUT2D eigenvalue weighted by Crippen LogP contribution is -2.32. The number of nitrogens with two attached hydrogens (primary N) is 1. The third-order valence-electron chi connectivity index (χ3n) is 1.82. The van der Waals surface area contributed by atoms with Crippen LogP contribution in [0.1, 0.15) is 5.56 Å². The largest absolute Gasteiger partial charge is 0.464 e. The van der Waals surface area contributed by atoms with Crippen LogP contribution in [0.4, 0.5) is 27.6 Å². The Kier molecular flexibility index (Phi) is 3.37. The summed E-state index contributed by atoms with van der Waals surface area (Å²) in [6, 6.07) is 3.62. The molecule has 0 aliphatic heterocycles. The number of rotatable bonds is 2. The molecule has 0 fully saturated rings. The first kappa shape index (κ1) is 13.1. The molecule has 0 saturated carbocycles. The summed E-state index contributed by atoms with van der Waals surface area (Å²) < 4.78 is 61.0. The van der Waals surface area contributed by atoms with E-state index < -0.39 is 23.2 Å². The Balaban J connectivity index is 2.93. The van der Waals surface area contributed by atoms with E-state index in [1.54, 1.807) is 0 Å². The summed E-state index contributed by atoms with van der Waals surface area (Å²) in [5, 5.41) is -4.80. The summed E-state index contributed by atoms with van der Waals surface area (Å²) in [6.07, 6.45) is -5.56. The van der Waals surface area contributed by atoms with Crippen LogP contribution in [0.25, 0.3) is 0 Å². The average Bonchev–Trinajstić information content (AvgIpc) is 2.09.